The highest BCUT2D eigenvalue weighted by molar-refractivity contribution is 9.10. The maximum atomic E-state index is 11.8. The molecule has 0 saturated carbocycles. The molecule has 0 aliphatic heterocycles. The standard InChI is InChI=1S/C12H11BrN2O/c1-9-6-11(13)12(16)15(7-9)8-10-4-2-3-5-14-10/h2-7H,8H2,1H3. The van der Waals surface area contributed by atoms with Crippen LogP contribution in [0.4, 0.5) is 0 Å². The van der Waals surface area contributed by atoms with Gasteiger partial charge in [0.15, 0.2) is 0 Å². The largest absolute Gasteiger partial charge is 0.308 e. The van der Waals surface area contributed by atoms with Crippen molar-refractivity contribution in [3.05, 3.63) is 62.7 Å². The molecule has 0 aliphatic carbocycles. The number of aryl methyl sites for hydroxylation is 1. The van der Waals surface area contributed by atoms with Crippen LogP contribution < -0.4 is 5.56 Å². The summed E-state index contributed by atoms with van der Waals surface area (Å²) >= 11 is 3.26. The van der Waals surface area contributed by atoms with Gasteiger partial charge < -0.3 is 4.57 Å². The quantitative estimate of drug-likeness (QED) is 0.845. The summed E-state index contributed by atoms with van der Waals surface area (Å²) in [5.74, 6) is 0. The minimum atomic E-state index is -0.0312. The van der Waals surface area contributed by atoms with E-state index >= 15 is 0 Å². The Kier molecular flexibility index (Phi) is 3.19. The van der Waals surface area contributed by atoms with Crippen molar-refractivity contribution >= 4 is 15.9 Å². The van der Waals surface area contributed by atoms with E-state index in [4.69, 9.17) is 0 Å². The van der Waals surface area contributed by atoms with E-state index in [1.54, 1.807) is 10.8 Å². The number of hydrogen-bond acceptors (Lipinski definition) is 2. The van der Waals surface area contributed by atoms with Gasteiger partial charge in [-0.05, 0) is 46.6 Å². The van der Waals surface area contributed by atoms with Gasteiger partial charge in [-0.2, -0.15) is 0 Å². The minimum Gasteiger partial charge on any atom is -0.308 e. The molecule has 2 aromatic heterocycles. The molecule has 2 rings (SSSR count). The van der Waals surface area contributed by atoms with Gasteiger partial charge in [-0.15, -0.1) is 0 Å². The van der Waals surface area contributed by atoms with Gasteiger partial charge in [-0.25, -0.2) is 0 Å². The van der Waals surface area contributed by atoms with Crippen LogP contribution in [0, 0.1) is 6.92 Å². The highest BCUT2D eigenvalue weighted by Gasteiger charge is 2.03. The molecular weight excluding hydrogens is 268 g/mol. The molecule has 16 heavy (non-hydrogen) atoms. The molecule has 2 aromatic rings. The van der Waals surface area contributed by atoms with Gasteiger partial charge in [0.25, 0.3) is 5.56 Å². The van der Waals surface area contributed by atoms with Gasteiger partial charge >= 0.3 is 0 Å². The second kappa shape index (κ2) is 4.61. The third-order valence-electron chi connectivity index (χ3n) is 2.24. The SMILES string of the molecule is Cc1cc(Br)c(=O)n(Cc2ccccn2)c1. The van der Waals surface area contributed by atoms with Gasteiger partial charge in [0.1, 0.15) is 0 Å². The molecule has 0 bridgehead atoms. The van der Waals surface area contributed by atoms with Crippen LogP contribution in [-0.4, -0.2) is 9.55 Å². The molecule has 0 N–H and O–H groups in total. The zero-order chi connectivity index (χ0) is 11.5. The molecule has 2 heterocycles. The average molecular weight is 279 g/mol. The summed E-state index contributed by atoms with van der Waals surface area (Å²) in [4.78, 5) is 16.0. The van der Waals surface area contributed by atoms with Gasteiger partial charge in [0.05, 0.1) is 16.7 Å². The lowest BCUT2D eigenvalue weighted by atomic mass is 10.3. The van der Waals surface area contributed by atoms with Crippen LogP contribution >= 0.6 is 15.9 Å². The van der Waals surface area contributed by atoms with E-state index in [2.05, 4.69) is 20.9 Å². The van der Waals surface area contributed by atoms with Gasteiger partial charge in [-0.3, -0.25) is 9.78 Å². The Morgan fingerprint density at radius 2 is 2.25 bits per heavy atom. The zero-order valence-electron chi connectivity index (χ0n) is 8.85. The van der Waals surface area contributed by atoms with Gasteiger partial charge in [0, 0.05) is 12.4 Å². The number of halogens is 1. The molecule has 0 aliphatic rings. The molecule has 0 saturated heterocycles. The normalized spacial score (nSPS) is 10.4. The van der Waals surface area contributed by atoms with Gasteiger partial charge in [-0.1, -0.05) is 6.07 Å². The molecule has 0 radical (unpaired) electrons. The van der Waals surface area contributed by atoms with Crippen LogP contribution in [0.25, 0.3) is 0 Å². The smallest absolute Gasteiger partial charge is 0.265 e. The van der Waals surface area contributed by atoms with E-state index in [1.807, 2.05) is 37.4 Å². The van der Waals surface area contributed by atoms with Crippen molar-refractivity contribution in [1.82, 2.24) is 9.55 Å². The lowest BCUT2D eigenvalue weighted by molar-refractivity contribution is 0.731. The number of nitrogens with zero attached hydrogens (tertiary/aromatic N) is 2. The van der Waals surface area contributed by atoms with E-state index in [1.165, 1.54) is 0 Å². The highest BCUT2D eigenvalue weighted by atomic mass is 79.9. The lowest BCUT2D eigenvalue weighted by Crippen LogP contribution is -2.21. The van der Waals surface area contributed by atoms with Crippen LogP contribution in [0.2, 0.25) is 0 Å². The Hall–Kier alpha value is -1.42. The Bertz CT molecular complexity index is 549. The molecule has 3 nitrogen and oxygen atoms in total. The van der Waals surface area contributed by atoms with E-state index in [-0.39, 0.29) is 5.56 Å². The average Bonchev–Trinajstić information content (AvgIpc) is 2.27. The molecule has 0 atom stereocenters. The maximum absolute atomic E-state index is 11.8. The van der Waals surface area contributed by atoms with Crippen molar-refractivity contribution < 1.29 is 0 Å². The predicted octanol–water partition coefficient (Wildman–Crippen LogP) is 2.36. The molecular formula is C12H11BrN2O. The molecule has 0 amide bonds. The van der Waals surface area contributed by atoms with Crippen molar-refractivity contribution in [2.75, 3.05) is 0 Å². The predicted molar refractivity (Wildman–Crippen MR) is 66.5 cm³/mol. The summed E-state index contributed by atoms with van der Waals surface area (Å²) in [5, 5.41) is 0. The van der Waals surface area contributed by atoms with Crippen molar-refractivity contribution in [3.63, 3.8) is 0 Å². The summed E-state index contributed by atoms with van der Waals surface area (Å²) in [6, 6.07) is 7.50. The Morgan fingerprint density at radius 3 is 2.94 bits per heavy atom. The maximum Gasteiger partial charge on any atom is 0.265 e. The topological polar surface area (TPSA) is 34.9 Å². The van der Waals surface area contributed by atoms with Crippen molar-refractivity contribution in [2.45, 2.75) is 13.5 Å². The summed E-state index contributed by atoms with van der Waals surface area (Å²) in [6.07, 6.45) is 3.56. The summed E-state index contributed by atoms with van der Waals surface area (Å²) in [7, 11) is 0. The molecule has 0 spiro atoms. The van der Waals surface area contributed by atoms with Crippen molar-refractivity contribution in [1.29, 1.82) is 0 Å². The zero-order valence-corrected chi connectivity index (χ0v) is 10.4. The first-order valence-corrected chi connectivity index (χ1v) is 5.72. The fourth-order valence-corrected chi connectivity index (χ4v) is 2.11. The first-order chi connectivity index (χ1) is 7.66. The second-order valence-corrected chi connectivity index (χ2v) is 4.47. The van der Waals surface area contributed by atoms with E-state index in [0.717, 1.165) is 11.3 Å². The van der Waals surface area contributed by atoms with Crippen LogP contribution in [0.1, 0.15) is 11.3 Å². The number of aromatic nitrogens is 2. The van der Waals surface area contributed by atoms with Crippen LogP contribution in [-0.2, 0) is 6.54 Å². The van der Waals surface area contributed by atoms with E-state index < -0.39 is 0 Å². The first kappa shape index (κ1) is 11.1. The second-order valence-electron chi connectivity index (χ2n) is 3.62. The number of rotatable bonds is 2. The Morgan fingerprint density at radius 1 is 1.44 bits per heavy atom. The van der Waals surface area contributed by atoms with Crippen LogP contribution in [0.15, 0.2) is 45.9 Å². The molecule has 0 unspecified atom stereocenters. The third-order valence-corrected chi connectivity index (χ3v) is 2.81. The Labute approximate surface area is 102 Å². The molecule has 82 valence electrons. The first-order valence-electron chi connectivity index (χ1n) is 4.93. The minimum absolute atomic E-state index is 0.0312. The van der Waals surface area contributed by atoms with E-state index in [0.29, 0.717) is 11.0 Å². The van der Waals surface area contributed by atoms with Gasteiger partial charge in [0.2, 0.25) is 0 Å². The van der Waals surface area contributed by atoms with E-state index in [9.17, 15) is 4.79 Å². The fourth-order valence-electron chi connectivity index (χ4n) is 1.52. The van der Waals surface area contributed by atoms with Crippen molar-refractivity contribution in [2.24, 2.45) is 0 Å². The summed E-state index contributed by atoms with van der Waals surface area (Å²) in [5.41, 5.74) is 1.89. The lowest BCUT2D eigenvalue weighted by Gasteiger charge is -2.06. The molecule has 4 heteroatoms. The third kappa shape index (κ3) is 2.39. The summed E-state index contributed by atoms with van der Waals surface area (Å²) < 4.78 is 2.24. The molecule has 0 aromatic carbocycles. The monoisotopic (exact) mass is 278 g/mol. The Balaban J connectivity index is 2.39. The van der Waals surface area contributed by atoms with Crippen LogP contribution in [0.3, 0.4) is 0 Å². The number of hydrogen-bond donors (Lipinski definition) is 0. The summed E-state index contributed by atoms with van der Waals surface area (Å²) in [6.45, 7) is 2.46. The number of pyridine rings is 2. The fraction of sp³-hybridized carbons (Fsp3) is 0.167. The highest BCUT2D eigenvalue weighted by Crippen LogP contribution is 2.06. The molecule has 0 fully saturated rings. The van der Waals surface area contributed by atoms with Crippen LogP contribution in [0.5, 0.6) is 0 Å². The van der Waals surface area contributed by atoms with Crippen molar-refractivity contribution in [3.8, 4) is 0 Å².